The number of aromatic nitrogens is 4. The Morgan fingerprint density at radius 2 is 0.962 bits per heavy atom. The van der Waals surface area contributed by atoms with Crippen LogP contribution in [0.25, 0.3) is 22.3 Å². The third-order valence-electron chi connectivity index (χ3n) is 17.4. The molecule has 25 heteroatoms. The molecule has 0 saturated heterocycles. The molecule has 4 N–H and O–H groups in total. The largest absolute Gasteiger partial charge is 0.488 e. The second-order valence-electron chi connectivity index (χ2n) is 24.7. The summed E-state index contributed by atoms with van der Waals surface area (Å²) < 4.78 is 76.3. The Bertz CT molecular complexity index is 4850. The van der Waals surface area contributed by atoms with Crippen LogP contribution in [0.5, 0.6) is 0 Å². The molecule has 4 aromatic heterocycles. The molecule has 0 atom stereocenters. The van der Waals surface area contributed by atoms with E-state index < -0.39 is 36.6 Å². The highest BCUT2D eigenvalue weighted by atomic mass is 79.9. The molecule has 4 amide bonds. The average Bonchev–Trinajstić information content (AvgIpc) is 0.798. The third kappa shape index (κ3) is 21.2. The standard InChI is InChI=1S/C22H17F3N2O.C22H20N2O.C15H11BrN2O2.C9H10BrN.C7H6BF3O2.C6H5NO2/c23-22(24,25)18-8-6-15(7-9-18)17-5-4-16-10-12-27(21(28)20(16)13-17)14-19-3-1-2-11-26-19;1-16-5-7-17(8-6-16)19-10-9-18-11-13-24(15-20(18)14-19)22(25)21-4-2-3-12-23-21;16-11-5-4-10-6-8-18(14(19)12(10)9-11)15(20)13-3-1-2-7-17-13;10-9-2-1-7-3-4-11-6-8(7)5-9;9-7(10,11)5-1-3-6(4-2-5)8(12)13;8-6(9)5-3-1-2-4-7-5/h1-9,11,13H,10,12,14H2;2-10,12,14H,11,13,15H2,1H3;1-5,7,9H,6,8H2;1-2,5,11H,3-4,6H2;1-4,12-13H;1-4H,(H,8,9). The van der Waals surface area contributed by atoms with Gasteiger partial charge in [0, 0.05) is 77.6 Å². The first kappa shape index (κ1) is 77.8. The Morgan fingerprint density at radius 3 is 1.52 bits per heavy atom. The van der Waals surface area contributed by atoms with Crippen molar-refractivity contribution in [2.24, 2.45) is 0 Å². The van der Waals surface area contributed by atoms with E-state index in [1.165, 1.54) is 79.1 Å². The van der Waals surface area contributed by atoms with Crippen LogP contribution < -0.4 is 10.8 Å². The van der Waals surface area contributed by atoms with Crippen LogP contribution in [0.4, 0.5) is 26.3 Å². The van der Waals surface area contributed by atoms with Crippen LogP contribution in [0.15, 0.2) is 252 Å². The van der Waals surface area contributed by atoms with Crippen LogP contribution in [-0.4, -0.2) is 113 Å². The maximum atomic E-state index is 12.9. The van der Waals surface area contributed by atoms with Crippen LogP contribution in [0.3, 0.4) is 0 Å². The summed E-state index contributed by atoms with van der Waals surface area (Å²) >= 11 is 6.81. The van der Waals surface area contributed by atoms with Gasteiger partial charge in [-0.3, -0.25) is 39.0 Å². The SMILES string of the molecule is Brc1ccc2c(c1)CNCC2.Cc1ccc(-c2ccc3c(c2)CN(C(=O)c2ccccn2)CC3)cc1.O=C(O)c1ccccn1.O=C(c1ccccn1)N1CCc2ccc(Br)cc2C1=O.O=C1c2cc(-c3ccc(C(F)(F)F)cc3)ccc2CCN1Cc1ccccn1.OB(O)c1ccc(C(F)(F)F)cc1. The summed E-state index contributed by atoms with van der Waals surface area (Å²) in [5.41, 5.74) is 13.9. The van der Waals surface area contributed by atoms with Crippen LogP contribution in [0, 0.1) is 6.92 Å². The van der Waals surface area contributed by atoms with Gasteiger partial charge in [0.2, 0.25) is 0 Å². The Morgan fingerprint density at radius 1 is 0.481 bits per heavy atom. The first-order chi connectivity index (χ1) is 50.9. The number of halogens is 8. The highest BCUT2D eigenvalue weighted by Gasteiger charge is 2.33. The summed E-state index contributed by atoms with van der Waals surface area (Å²) in [6.07, 6.45) is 1.07. The van der Waals surface area contributed by atoms with Gasteiger partial charge >= 0.3 is 25.4 Å². The van der Waals surface area contributed by atoms with Gasteiger partial charge in [-0.1, -0.05) is 159 Å². The van der Waals surface area contributed by atoms with Crippen molar-refractivity contribution in [2.75, 3.05) is 26.2 Å². The number of aromatic carboxylic acids is 1. The zero-order chi connectivity index (χ0) is 75.5. The minimum absolute atomic E-state index is 0.00647. The van der Waals surface area contributed by atoms with Crippen molar-refractivity contribution in [2.45, 2.75) is 64.6 Å². The molecule has 0 fully saturated rings. The molecule has 0 spiro atoms. The normalized spacial score (nSPS) is 13.4. The lowest BCUT2D eigenvalue weighted by Crippen LogP contribution is -2.42. The average molecular weight is 1570 g/mol. The molecule has 0 bridgehead atoms. The van der Waals surface area contributed by atoms with Gasteiger partial charge in [0.05, 0.1) is 23.4 Å². The Labute approximate surface area is 624 Å². The Balaban J connectivity index is 0.000000142. The number of hydrogen-bond acceptors (Lipinski definition) is 12. The number of carboxylic acids is 1. The molecule has 0 saturated carbocycles. The molecule has 0 unspecified atom stereocenters. The fourth-order valence-corrected chi connectivity index (χ4v) is 12.5. The van der Waals surface area contributed by atoms with Gasteiger partial charge in [-0.25, -0.2) is 9.78 Å². The summed E-state index contributed by atoms with van der Waals surface area (Å²) in [6, 6.07) is 62.3. The summed E-state index contributed by atoms with van der Waals surface area (Å²) in [6.45, 7) is 7.06. The van der Waals surface area contributed by atoms with E-state index in [0.717, 1.165) is 95.7 Å². The Hall–Kier alpha value is -10.8. The zero-order valence-corrected chi connectivity index (χ0v) is 60.2. The number of alkyl halides is 6. The van der Waals surface area contributed by atoms with Crippen LogP contribution in [0.2, 0.25) is 0 Å². The van der Waals surface area contributed by atoms with Crippen LogP contribution in [0.1, 0.15) is 108 Å². The molecule has 8 heterocycles. The second-order valence-corrected chi connectivity index (χ2v) is 26.5. The number of carbonyl (C=O) groups excluding carboxylic acids is 4. The van der Waals surface area contributed by atoms with Crippen molar-refractivity contribution in [3.8, 4) is 22.3 Å². The number of nitrogens with zero attached hydrogens (tertiary/aromatic N) is 7. The summed E-state index contributed by atoms with van der Waals surface area (Å²) in [4.78, 5) is 81.5. The molecular weight excluding hydrogens is 1500 g/mol. The van der Waals surface area contributed by atoms with E-state index in [-0.39, 0.29) is 34.8 Å². The van der Waals surface area contributed by atoms with E-state index in [4.69, 9.17) is 15.2 Å². The molecule has 0 radical (unpaired) electrons. The number of carbonyl (C=O) groups is 5. The number of benzene rings is 7. The lowest BCUT2D eigenvalue weighted by Gasteiger charge is -2.29. The van der Waals surface area contributed by atoms with E-state index in [0.29, 0.717) is 60.7 Å². The topological polar surface area (TPSA) is 219 Å². The predicted octanol–water partition coefficient (Wildman–Crippen LogP) is 15.2. The predicted molar refractivity (Wildman–Crippen MR) is 398 cm³/mol. The minimum atomic E-state index is -4.39. The molecule has 11 aromatic rings. The van der Waals surface area contributed by atoms with Gasteiger partial charge in [0.25, 0.3) is 23.6 Å². The van der Waals surface area contributed by atoms with Gasteiger partial charge < -0.3 is 30.3 Å². The number of carboxylic acid groups (broad SMARTS) is 1. The van der Waals surface area contributed by atoms with E-state index >= 15 is 0 Å². The van der Waals surface area contributed by atoms with Gasteiger partial charge in [0.15, 0.2) is 0 Å². The first-order valence-electron chi connectivity index (χ1n) is 33.5. The molecular formula is C81H69BBr2F6N8O8. The lowest BCUT2D eigenvalue weighted by molar-refractivity contribution is -0.138. The van der Waals surface area contributed by atoms with Crippen molar-refractivity contribution in [1.82, 2.24) is 40.0 Å². The van der Waals surface area contributed by atoms with Crippen molar-refractivity contribution >= 4 is 74.0 Å². The molecule has 540 valence electrons. The van der Waals surface area contributed by atoms with Gasteiger partial charge in [-0.05, 0) is 197 Å². The van der Waals surface area contributed by atoms with Crippen LogP contribution >= 0.6 is 31.9 Å². The number of pyridine rings is 4. The fraction of sp³-hybridized carbons (Fsp3) is 0.173. The number of nitrogens with one attached hydrogen (secondary N) is 1. The van der Waals surface area contributed by atoms with Crippen molar-refractivity contribution in [1.29, 1.82) is 0 Å². The van der Waals surface area contributed by atoms with Gasteiger partial charge in [0.1, 0.15) is 17.1 Å². The molecule has 4 aliphatic heterocycles. The quantitative estimate of drug-likeness (QED) is 0.0633. The smallest absolute Gasteiger partial charge is 0.477 e. The third-order valence-corrected chi connectivity index (χ3v) is 18.4. The molecule has 106 heavy (non-hydrogen) atoms. The Kier molecular flexibility index (Phi) is 26.6. The minimum Gasteiger partial charge on any atom is -0.477 e. The summed E-state index contributed by atoms with van der Waals surface area (Å²) in [7, 11) is -1.73. The van der Waals surface area contributed by atoms with E-state index in [1.807, 2.05) is 59.5 Å². The molecule has 16 nitrogen and oxygen atoms in total. The van der Waals surface area contributed by atoms with Crippen molar-refractivity contribution in [3.63, 3.8) is 0 Å². The van der Waals surface area contributed by atoms with Gasteiger partial charge in [-0.15, -0.1) is 0 Å². The molecule has 7 aromatic carbocycles. The monoisotopic (exact) mass is 1560 g/mol. The number of amides is 4. The molecule has 4 aliphatic rings. The maximum Gasteiger partial charge on any atom is 0.488 e. The van der Waals surface area contributed by atoms with Crippen molar-refractivity contribution < 1.29 is 65.5 Å². The zero-order valence-electron chi connectivity index (χ0n) is 57.0. The lowest BCUT2D eigenvalue weighted by atomic mass is 9.80. The first-order valence-corrected chi connectivity index (χ1v) is 35.1. The molecule has 15 rings (SSSR count). The summed E-state index contributed by atoms with van der Waals surface area (Å²) in [5.74, 6) is -1.67. The fourth-order valence-electron chi connectivity index (χ4n) is 11.7. The second kappa shape index (κ2) is 36.3. The van der Waals surface area contributed by atoms with Crippen LogP contribution in [-0.2, 0) is 57.7 Å². The number of imide groups is 1. The van der Waals surface area contributed by atoms with E-state index in [2.05, 4.69) is 125 Å². The highest BCUT2D eigenvalue weighted by molar-refractivity contribution is 9.10. The summed E-state index contributed by atoms with van der Waals surface area (Å²) in [5, 5.41) is 28.9. The maximum absolute atomic E-state index is 12.9. The van der Waals surface area contributed by atoms with E-state index in [9.17, 15) is 50.3 Å². The number of fused-ring (bicyclic) bond motifs is 4. The number of rotatable bonds is 8. The molecule has 0 aliphatic carbocycles. The number of hydrogen-bond donors (Lipinski definition) is 4. The number of aryl methyl sites for hydroxylation is 1. The van der Waals surface area contributed by atoms with Crippen molar-refractivity contribution in [3.05, 3.63) is 336 Å². The highest BCUT2D eigenvalue weighted by Crippen LogP contribution is 2.34. The van der Waals surface area contributed by atoms with Gasteiger partial charge in [-0.2, -0.15) is 26.3 Å². The van der Waals surface area contributed by atoms with E-state index in [1.54, 1.807) is 72.0 Å².